The van der Waals surface area contributed by atoms with Gasteiger partial charge in [-0.25, -0.2) is 5.48 Å². The molecule has 5 heteroatoms. The molecule has 1 saturated carbocycles. The van der Waals surface area contributed by atoms with Crippen LogP contribution in [-0.4, -0.2) is 35.0 Å². The summed E-state index contributed by atoms with van der Waals surface area (Å²) < 4.78 is 0. The largest absolute Gasteiger partial charge is 0.333 e. The number of carbonyl (C=O) groups is 2. The van der Waals surface area contributed by atoms with E-state index in [4.69, 9.17) is 5.21 Å². The van der Waals surface area contributed by atoms with Crippen LogP contribution in [-0.2, 0) is 16.0 Å². The van der Waals surface area contributed by atoms with Gasteiger partial charge < -0.3 is 4.90 Å². The smallest absolute Gasteiger partial charge is 0.266 e. The van der Waals surface area contributed by atoms with E-state index in [9.17, 15) is 9.59 Å². The number of nitrogens with zero attached hydrogens (tertiary/aromatic N) is 1. The topological polar surface area (TPSA) is 69.6 Å². The predicted octanol–water partition coefficient (Wildman–Crippen LogP) is 2.70. The van der Waals surface area contributed by atoms with Gasteiger partial charge in [0.25, 0.3) is 5.91 Å². The molecule has 1 aliphatic rings. The number of hydrogen-bond acceptors (Lipinski definition) is 3. The van der Waals surface area contributed by atoms with Crippen molar-refractivity contribution in [3.8, 4) is 0 Å². The van der Waals surface area contributed by atoms with E-state index in [0.29, 0.717) is 0 Å². The molecule has 0 radical (unpaired) electrons. The molecular formula is C19H28N2O3. The number of nitrogens with one attached hydrogen (secondary N) is 1. The van der Waals surface area contributed by atoms with E-state index in [2.05, 4.69) is 31.2 Å². The summed E-state index contributed by atoms with van der Waals surface area (Å²) in [7, 11) is 1.66. The monoisotopic (exact) mass is 332 g/mol. The van der Waals surface area contributed by atoms with Crippen LogP contribution < -0.4 is 5.48 Å². The van der Waals surface area contributed by atoms with Gasteiger partial charge in [-0.15, -0.1) is 0 Å². The molecule has 1 aliphatic carbocycles. The molecule has 0 aliphatic heterocycles. The average Bonchev–Trinajstić information content (AvgIpc) is 3.34. The minimum absolute atomic E-state index is 0.0110. The van der Waals surface area contributed by atoms with Gasteiger partial charge in [-0.1, -0.05) is 43.7 Å². The van der Waals surface area contributed by atoms with Crippen molar-refractivity contribution in [2.75, 3.05) is 7.05 Å². The van der Waals surface area contributed by atoms with Crippen LogP contribution in [0.15, 0.2) is 24.3 Å². The number of rotatable bonds is 7. The number of benzene rings is 1. The van der Waals surface area contributed by atoms with Crippen LogP contribution in [0.1, 0.15) is 44.2 Å². The highest BCUT2D eigenvalue weighted by Crippen LogP contribution is 2.51. The molecule has 0 aromatic heterocycles. The Morgan fingerprint density at radius 3 is 2.29 bits per heavy atom. The second kappa shape index (κ2) is 7.34. The van der Waals surface area contributed by atoms with Crippen molar-refractivity contribution in [1.29, 1.82) is 0 Å². The Balaban J connectivity index is 2.04. The maximum atomic E-state index is 12.9. The molecule has 1 atom stereocenters. The lowest BCUT2D eigenvalue weighted by molar-refractivity contribution is -0.148. The van der Waals surface area contributed by atoms with Crippen molar-refractivity contribution < 1.29 is 14.8 Å². The first-order valence-corrected chi connectivity index (χ1v) is 8.57. The summed E-state index contributed by atoms with van der Waals surface area (Å²) in [6.45, 7) is 5.80. The van der Waals surface area contributed by atoms with Crippen LogP contribution in [0.3, 0.4) is 0 Å². The number of amides is 2. The highest BCUT2D eigenvalue weighted by atomic mass is 16.5. The van der Waals surface area contributed by atoms with E-state index in [1.807, 2.05) is 13.8 Å². The first-order chi connectivity index (χ1) is 11.3. The highest BCUT2D eigenvalue weighted by molar-refractivity contribution is 5.91. The van der Waals surface area contributed by atoms with Crippen LogP contribution >= 0.6 is 0 Å². The minimum atomic E-state index is -0.653. The van der Waals surface area contributed by atoms with E-state index >= 15 is 0 Å². The number of aryl methyl sites for hydroxylation is 2. The summed E-state index contributed by atoms with van der Waals surface area (Å²) in [5.74, 6) is -0.592. The molecule has 0 heterocycles. The molecule has 5 nitrogen and oxygen atoms in total. The molecule has 2 N–H and O–H groups in total. The molecule has 1 aromatic rings. The normalized spacial score (nSPS) is 16.6. The zero-order valence-corrected chi connectivity index (χ0v) is 15.0. The quantitative estimate of drug-likeness (QED) is 0.596. The predicted molar refractivity (Wildman–Crippen MR) is 92.5 cm³/mol. The van der Waals surface area contributed by atoms with Gasteiger partial charge >= 0.3 is 0 Å². The lowest BCUT2D eigenvalue weighted by atomic mass is 9.93. The van der Waals surface area contributed by atoms with Crippen LogP contribution in [0, 0.1) is 18.3 Å². The fourth-order valence-corrected chi connectivity index (χ4v) is 3.35. The first kappa shape index (κ1) is 18.5. The van der Waals surface area contributed by atoms with Crippen LogP contribution in [0.5, 0.6) is 0 Å². The number of hydrogen-bond donors (Lipinski definition) is 2. The van der Waals surface area contributed by atoms with Gasteiger partial charge in [-0.2, -0.15) is 0 Å². The van der Waals surface area contributed by atoms with Crippen molar-refractivity contribution in [2.45, 2.75) is 52.5 Å². The SMILES string of the molecule is Cc1ccc(CCC2(C(=O)N(C)C(C(=O)NO)C(C)C)CC2)cc1. The molecule has 2 amide bonds. The van der Waals surface area contributed by atoms with Gasteiger partial charge in [0.1, 0.15) is 6.04 Å². The summed E-state index contributed by atoms with van der Waals surface area (Å²) in [5.41, 5.74) is 3.80. The lowest BCUT2D eigenvalue weighted by Crippen LogP contribution is -2.52. The van der Waals surface area contributed by atoms with Gasteiger partial charge in [0.15, 0.2) is 0 Å². The Bertz CT molecular complexity index is 591. The van der Waals surface area contributed by atoms with Gasteiger partial charge in [-0.3, -0.25) is 14.8 Å². The Labute approximate surface area is 144 Å². The lowest BCUT2D eigenvalue weighted by Gasteiger charge is -2.32. The summed E-state index contributed by atoms with van der Waals surface area (Å²) in [5, 5.41) is 8.94. The molecule has 0 bridgehead atoms. The fraction of sp³-hybridized carbons (Fsp3) is 0.579. The Morgan fingerprint density at radius 1 is 1.25 bits per heavy atom. The molecule has 1 unspecified atom stereocenters. The molecule has 24 heavy (non-hydrogen) atoms. The fourth-order valence-electron chi connectivity index (χ4n) is 3.35. The maximum Gasteiger partial charge on any atom is 0.266 e. The second-order valence-corrected chi connectivity index (χ2v) is 7.35. The molecule has 1 aromatic carbocycles. The third-order valence-corrected chi connectivity index (χ3v) is 5.07. The van der Waals surface area contributed by atoms with Gasteiger partial charge in [0.05, 0.1) is 0 Å². The van der Waals surface area contributed by atoms with Crippen molar-refractivity contribution in [1.82, 2.24) is 10.4 Å². The molecule has 2 rings (SSSR count). The van der Waals surface area contributed by atoms with Crippen molar-refractivity contribution >= 4 is 11.8 Å². The second-order valence-electron chi connectivity index (χ2n) is 7.35. The highest BCUT2D eigenvalue weighted by Gasteiger charge is 2.52. The number of hydroxylamine groups is 1. The summed E-state index contributed by atoms with van der Waals surface area (Å²) in [6, 6.07) is 7.73. The number of carbonyl (C=O) groups excluding carboxylic acids is 2. The Kier molecular flexibility index (Phi) is 5.65. The molecule has 132 valence electrons. The zero-order chi connectivity index (χ0) is 17.9. The molecule has 0 saturated heterocycles. The summed E-state index contributed by atoms with van der Waals surface area (Å²) >= 11 is 0. The molecule has 0 spiro atoms. The van der Waals surface area contributed by atoms with Crippen molar-refractivity contribution in [3.63, 3.8) is 0 Å². The number of likely N-dealkylation sites (N-methyl/N-ethyl adjacent to an activating group) is 1. The van der Waals surface area contributed by atoms with E-state index in [0.717, 1.165) is 25.7 Å². The van der Waals surface area contributed by atoms with Gasteiger partial charge in [0.2, 0.25) is 5.91 Å². The maximum absolute atomic E-state index is 12.9. The Morgan fingerprint density at radius 2 is 1.83 bits per heavy atom. The van der Waals surface area contributed by atoms with Crippen LogP contribution in [0.2, 0.25) is 0 Å². The van der Waals surface area contributed by atoms with E-state index in [-0.39, 0.29) is 17.2 Å². The third kappa shape index (κ3) is 3.96. The first-order valence-electron chi connectivity index (χ1n) is 8.57. The van der Waals surface area contributed by atoms with E-state index in [1.54, 1.807) is 12.5 Å². The van der Waals surface area contributed by atoms with Gasteiger partial charge in [-0.05, 0) is 44.1 Å². The average molecular weight is 332 g/mol. The standard InChI is InChI=1S/C19H28N2O3/c1-13(2)16(17(22)20-24)21(4)18(23)19(11-12-19)10-9-15-7-5-14(3)6-8-15/h5-8,13,16,24H,9-12H2,1-4H3,(H,20,22). The van der Waals surface area contributed by atoms with Crippen molar-refractivity contribution in [2.24, 2.45) is 11.3 Å². The van der Waals surface area contributed by atoms with Crippen LogP contribution in [0.25, 0.3) is 0 Å². The summed E-state index contributed by atoms with van der Waals surface area (Å²) in [6.07, 6.45) is 3.39. The third-order valence-electron chi connectivity index (χ3n) is 5.07. The zero-order valence-electron chi connectivity index (χ0n) is 15.0. The van der Waals surface area contributed by atoms with E-state index < -0.39 is 11.9 Å². The van der Waals surface area contributed by atoms with E-state index in [1.165, 1.54) is 16.0 Å². The Hall–Kier alpha value is -1.88. The van der Waals surface area contributed by atoms with Gasteiger partial charge in [0, 0.05) is 12.5 Å². The minimum Gasteiger partial charge on any atom is -0.333 e. The van der Waals surface area contributed by atoms with Crippen LogP contribution in [0.4, 0.5) is 0 Å². The summed E-state index contributed by atoms with van der Waals surface area (Å²) in [4.78, 5) is 26.3. The van der Waals surface area contributed by atoms with Crippen molar-refractivity contribution in [3.05, 3.63) is 35.4 Å². The molecular weight excluding hydrogens is 304 g/mol. The molecule has 1 fully saturated rings.